The van der Waals surface area contributed by atoms with Crippen LogP contribution >= 0.6 is 12.4 Å². The zero-order valence-corrected chi connectivity index (χ0v) is 18.3. The van der Waals surface area contributed by atoms with Gasteiger partial charge in [0.15, 0.2) is 5.71 Å². The maximum atomic E-state index is 10.4. The van der Waals surface area contributed by atoms with E-state index in [2.05, 4.69) is 9.99 Å². The van der Waals surface area contributed by atoms with Gasteiger partial charge >= 0.3 is 5.97 Å². The van der Waals surface area contributed by atoms with Crippen LogP contribution in [-0.4, -0.2) is 30.0 Å². The van der Waals surface area contributed by atoms with Crippen molar-refractivity contribution in [2.75, 3.05) is 13.2 Å². The average molecular weight is 433 g/mol. The van der Waals surface area contributed by atoms with Gasteiger partial charge in [0, 0.05) is 0 Å². The van der Waals surface area contributed by atoms with Crippen molar-refractivity contribution in [1.29, 1.82) is 0 Å². The molecule has 0 bridgehead atoms. The molecular weight excluding hydrogens is 404 g/mol. The number of carbonyl (C=O) groups is 1. The fourth-order valence-corrected chi connectivity index (χ4v) is 2.15. The zero-order chi connectivity index (χ0) is 21.5. The van der Waals surface area contributed by atoms with Gasteiger partial charge in [-0.05, 0) is 43.0 Å². The van der Waals surface area contributed by atoms with Crippen LogP contribution in [0.4, 0.5) is 0 Å². The highest BCUT2D eigenvalue weighted by Gasteiger charge is 2.01. The van der Waals surface area contributed by atoms with E-state index in [0.29, 0.717) is 6.61 Å². The first kappa shape index (κ1) is 27.1. The van der Waals surface area contributed by atoms with E-state index in [9.17, 15) is 4.79 Å². The van der Waals surface area contributed by atoms with Crippen molar-refractivity contribution in [1.82, 2.24) is 0 Å². The Balaban J connectivity index is 0.000000573. The van der Waals surface area contributed by atoms with E-state index in [-0.39, 0.29) is 24.7 Å². The van der Waals surface area contributed by atoms with E-state index in [1.165, 1.54) is 12.5 Å². The number of carboxylic acids is 1. The van der Waals surface area contributed by atoms with Gasteiger partial charge in [-0.25, -0.2) is 10.7 Å². The minimum Gasteiger partial charge on any atom is -0.477 e. The van der Waals surface area contributed by atoms with Gasteiger partial charge in [0.2, 0.25) is 0 Å². The topological polar surface area (TPSA) is 94.1 Å². The van der Waals surface area contributed by atoms with Crippen LogP contribution in [0, 0.1) is 0 Å². The van der Waals surface area contributed by atoms with Gasteiger partial charge < -0.3 is 14.8 Å². The lowest BCUT2D eigenvalue weighted by atomic mass is 10.1. The summed E-state index contributed by atoms with van der Waals surface area (Å²) >= 11 is 0. The number of aliphatic carboxylic acids is 1. The molecule has 0 amide bonds. The Labute approximate surface area is 184 Å². The van der Waals surface area contributed by atoms with Crippen LogP contribution in [0.25, 0.3) is 12.2 Å². The number of nitrogens with zero attached hydrogens (tertiary/aromatic N) is 1. The molecule has 0 fully saturated rings. The molecule has 0 spiro atoms. The smallest absolute Gasteiger partial charge is 0.353 e. The predicted molar refractivity (Wildman–Crippen MR) is 124 cm³/mol. The van der Waals surface area contributed by atoms with Crippen molar-refractivity contribution in [3.8, 4) is 0 Å². The number of oxime groups is 1. The van der Waals surface area contributed by atoms with Crippen LogP contribution in [0.2, 0.25) is 0 Å². The molecule has 6 nitrogen and oxygen atoms in total. The number of rotatable bonds is 8. The molecule has 2 aromatic carbocycles. The first-order chi connectivity index (χ1) is 13.9. The standard InChI is InChI=1S/C13H15NO3.C10H13NO.ClH/c1-10(8-12-6-4-3-5-7-12)9-17-14-11(2)13(15)16;1-9(8-12-11)7-10-5-3-2-4-6-10;/h3-8H,9H2,1-2H3,(H,15,16);2-7H,8,11H2,1H3;1H. The highest BCUT2D eigenvalue weighted by atomic mass is 35.5. The van der Waals surface area contributed by atoms with Gasteiger partial charge in [-0.15, -0.1) is 12.4 Å². The fraction of sp³-hybridized carbons (Fsp3) is 0.217. The van der Waals surface area contributed by atoms with E-state index in [1.54, 1.807) is 0 Å². The third-order valence-corrected chi connectivity index (χ3v) is 3.54. The summed E-state index contributed by atoms with van der Waals surface area (Å²) in [6.45, 7) is 6.03. The molecule has 0 aliphatic heterocycles. The average Bonchev–Trinajstić information content (AvgIpc) is 2.70. The summed E-state index contributed by atoms with van der Waals surface area (Å²) < 4.78 is 0. The molecule has 0 heterocycles. The van der Waals surface area contributed by atoms with E-state index >= 15 is 0 Å². The van der Waals surface area contributed by atoms with Gasteiger partial charge in [-0.3, -0.25) is 0 Å². The molecule has 0 saturated carbocycles. The summed E-state index contributed by atoms with van der Waals surface area (Å²) in [6.07, 6.45) is 4.01. The maximum Gasteiger partial charge on any atom is 0.353 e. The monoisotopic (exact) mass is 432 g/mol. The third-order valence-electron chi connectivity index (χ3n) is 3.54. The Morgan fingerprint density at radius 1 is 0.900 bits per heavy atom. The van der Waals surface area contributed by atoms with E-state index in [1.807, 2.05) is 86.7 Å². The molecule has 0 atom stereocenters. The first-order valence-corrected chi connectivity index (χ1v) is 9.08. The molecule has 0 radical (unpaired) electrons. The second-order valence-corrected chi connectivity index (χ2v) is 6.37. The number of hydrogen-bond acceptors (Lipinski definition) is 5. The maximum absolute atomic E-state index is 10.4. The van der Waals surface area contributed by atoms with Crippen molar-refractivity contribution in [2.24, 2.45) is 11.1 Å². The number of benzene rings is 2. The van der Waals surface area contributed by atoms with Crippen molar-refractivity contribution < 1.29 is 19.6 Å². The summed E-state index contributed by atoms with van der Waals surface area (Å²) in [7, 11) is 0. The van der Waals surface area contributed by atoms with Gasteiger partial charge in [0.25, 0.3) is 0 Å². The van der Waals surface area contributed by atoms with Gasteiger partial charge in [-0.2, -0.15) is 0 Å². The van der Waals surface area contributed by atoms with Crippen LogP contribution in [0.5, 0.6) is 0 Å². The Kier molecular flexibility index (Phi) is 14.4. The Hall–Kier alpha value is -2.93. The molecule has 0 saturated heterocycles. The van der Waals surface area contributed by atoms with E-state index < -0.39 is 5.97 Å². The molecule has 7 heteroatoms. The van der Waals surface area contributed by atoms with Crippen LogP contribution in [-0.2, 0) is 14.5 Å². The lowest BCUT2D eigenvalue weighted by Gasteiger charge is -2.01. The fourth-order valence-electron chi connectivity index (χ4n) is 2.15. The molecule has 0 aliphatic carbocycles. The highest BCUT2D eigenvalue weighted by Crippen LogP contribution is 2.07. The molecule has 0 unspecified atom stereocenters. The second kappa shape index (κ2) is 15.9. The number of nitrogens with two attached hydrogens (primary N) is 1. The summed E-state index contributed by atoms with van der Waals surface area (Å²) in [5, 5.41) is 12.0. The van der Waals surface area contributed by atoms with Gasteiger partial charge in [0.05, 0.1) is 6.61 Å². The van der Waals surface area contributed by atoms with Crippen molar-refractivity contribution in [3.05, 3.63) is 82.9 Å². The predicted octanol–water partition coefficient (Wildman–Crippen LogP) is 4.97. The van der Waals surface area contributed by atoms with Crippen LogP contribution in [0.3, 0.4) is 0 Å². The largest absolute Gasteiger partial charge is 0.477 e. The Bertz CT molecular complexity index is 835. The Morgan fingerprint density at radius 3 is 1.73 bits per heavy atom. The lowest BCUT2D eigenvalue weighted by Crippen LogP contribution is -2.08. The normalized spacial score (nSPS) is 11.7. The number of hydrogen-bond donors (Lipinski definition) is 2. The zero-order valence-electron chi connectivity index (χ0n) is 17.4. The molecule has 162 valence electrons. The molecule has 0 aromatic heterocycles. The van der Waals surface area contributed by atoms with Gasteiger partial charge in [-0.1, -0.05) is 78.0 Å². The lowest BCUT2D eigenvalue weighted by molar-refractivity contribution is -0.129. The summed E-state index contributed by atoms with van der Waals surface area (Å²) in [5.74, 6) is 3.87. The molecule has 3 N–H and O–H groups in total. The molecular formula is C23H29ClN2O4. The van der Waals surface area contributed by atoms with Crippen LogP contribution in [0.1, 0.15) is 31.9 Å². The van der Waals surface area contributed by atoms with E-state index in [0.717, 1.165) is 16.7 Å². The molecule has 2 rings (SSSR count). The Morgan fingerprint density at radius 2 is 1.33 bits per heavy atom. The highest BCUT2D eigenvalue weighted by molar-refractivity contribution is 6.34. The SMILES string of the molecule is CC(=Cc1ccccc1)CON.CC(=Cc1ccccc1)CON=C(C)C(=O)O.Cl. The molecule has 30 heavy (non-hydrogen) atoms. The van der Waals surface area contributed by atoms with Crippen LogP contribution in [0.15, 0.2) is 77.0 Å². The summed E-state index contributed by atoms with van der Waals surface area (Å²) in [4.78, 5) is 19.9. The van der Waals surface area contributed by atoms with Crippen molar-refractivity contribution >= 4 is 36.2 Å². The quantitative estimate of drug-likeness (QED) is 0.453. The van der Waals surface area contributed by atoms with Gasteiger partial charge in [0.1, 0.15) is 6.61 Å². The van der Waals surface area contributed by atoms with Crippen LogP contribution < -0.4 is 5.90 Å². The second-order valence-electron chi connectivity index (χ2n) is 6.37. The van der Waals surface area contributed by atoms with E-state index in [4.69, 9.17) is 15.8 Å². The van der Waals surface area contributed by atoms with Crippen molar-refractivity contribution in [3.63, 3.8) is 0 Å². The molecule has 2 aromatic rings. The minimum atomic E-state index is -1.07. The number of halogens is 1. The summed E-state index contributed by atoms with van der Waals surface area (Å²) in [6, 6.07) is 19.9. The number of carboxylic acid groups (broad SMARTS) is 1. The van der Waals surface area contributed by atoms with Crippen molar-refractivity contribution in [2.45, 2.75) is 20.8 Å². The first-order valence-electron chi connectivity index (χ1n) is 9.08. The summed E-state index contributed by atoms with van der Waals surface area (Å²) in [5.41, 5.74) is 4.28. The molecule has 0 aliphatic rings. The minimum absolute atomic E-state index is 0. The third kappa shape index (κ3) is 12.5.